The monoisotopic (exact) mass is 236 g/mol. The molecule has 0 bridgehead atoms. The van der Waals surface area contributed by atoms with Crippen LogP contribution in [0.1, 0.15) is 52.4 Å². The summed E-state index contributed by atoms with van der Waals surface area (Å²) in [6.07, 6.45) is 6.63. The van der Waals surface area contributed by atoms with Gasteiger partial charge in [-0.25, -0.2) is 0 Å². The molecule has 0 aliphatic heterocycles. The van der Waals surface area contributed by atoms with E-state index in [0.717, 1.165) is 24.9 Å². The fourth-order valence-corrected chi connectivity index (χ4v) is 1.98. The molecule has 3 atom stereocenters. The van der Waals surface area contributed by atoms with Crippen LogP contribution >= 0.6 is 20.8 Å². The van der Waals surface area contributed by atoms with E-state index in [-0.39, 0.29) is 11.2 Å². The molecule has 0 fully saturated rings. The minimum absolute atomic E-state index is 0.0845. The van der Waals surface area contributed by atoms with Crippen LogP contribution in [-0.2, 0) is 4.79 Å². The van der Waals surface area contributed by atoms with E-state index in [1.807, 2.05) is 6.92 Å². The zero-order chi connectivity index (χ0) is 11.0. The van der Waals surface area contributed by atoms with Gasteiger partial charge >= 0.3 is 0 Å². The topological polar surface area (TPSA) is 17.1 Å². The van der Waals surface area contributed by atoms with Crippen molar-refractivity contribution in [3.8, 4) is 0 Å². The highest BCUT2D eigenvalue weighted by molar-refractivity contribution is 7.17. The third-order valence-corrected chi connectivity index (χ3v) is 3.83. The van der Waals surface area contributed by atoms with Crippen LogP contribution in [0.5, 0.6) is 0 Å². The third kappa shape index (κ3) is 6.79. The lowest BCUT2D eigenvalue weighted by Gasteiger charge is -2.11. The molecule has 0 aromatic heterocycles. The first-order chi connectivity index (χ1) is 6.61. The van der Waals surface area contributed by atoms with Gasteiger partial charge in [-0.2, -0.15) is 0 Å². The van der Waals surface area contributed by atoms with Gasteiger partial charge in [-0.05, 0) is 42.9 Å². The molecule has 0 amide bonds. The van der Waals surface area contributed by atoms with Gasteiger partial charge in [0, 0.05) is 5.92 Å². The molecule has 0 heterocycles. The molecule has 3 heteroatoms. The summed E-state index contributed by atoms with van der Waals surface area (Å²) in [6, 6.07) is 0. The predicted molar refractivity (Wildman–Crippen MR) is 66.9 cm³/mol. The van der Waals surface area contributed by atoms with E-state index in [1.165, 1.54) is 19.3 Å². The fourth-order valence-electron chi connectivity index (χ4n) is 1.48. The SMILES string of the molecule is CCC(P)CCCCC(CC)C(=O)Cl. The number of carbonyl (C=O) groups is 1. The largest absolute Gasteiger partial charge is 0.281 e. The third-order valence-electron chi connectivity index (χ3n) is 2.72. The molecule has 84 valence electrons. The molecule has 0 radical (unpaired) electrons. The van der Waals surface area contributed by atoms with Crippen molar-refractivity contribution in [1.82, 2.24) is 0 Å². The summed E-state index contributed by atoms with van der Waals surface area (Å²) in [5.74, 6) is 0.0845. The summed E-state index contributed by atoms with van der Waals surface area (Å²) in [7, 11) is 2.87. The van der Waals surface area contributed by atoms with Crippen LogP contribution in [0.25, 0.3) is 0 Å². The van der Waals surface area contributed by atoms with Crippen molar-refractivity contribution in [3.63, 3.8) is 0 Å². The van der Waals surface area contributed by atoms with Crippen molar-refractivity contribution >= 4 is 26.1 Å². The van der Waals surface area contributed by atoms with E-state index >= 15 is 0 Å². The molecule has 0 aromatic carbocycles. The second kappa shape index (κ2) is 8.68. The molecule has 0 aromatic rings. The first-order valence-electron chi connectivity index (χ1n) is 5.56. The molecule has 14 heavy (non-hydrogen) atoms. The molecule has 1 nitrogen and oxygen atoms in total. The first-order valence-corrected chi connectivity index (χ1v) is 6.61. The Morgan fingerprint density at radius 3 is 2.21 bits per heavy atom. The van der Waals surface area contributed by atoms with Crippen molar-refractivity contribution in [2.24, 2.45) is 5.92 Å². The summed E-state index contributed by atoms with van der Waals surface area (Å²) < 4.78 is 0. The Morgan fingerprint density at radius 2 is 1.79 bits per heavy atom. The minimum Gasteiger partial charge on any atom is -0.281 e. The standard InChI is InChI=1S/C11H22ClOP/c1-3-9(11(12)13)7-5-6-8-10(14)4-2/h9-10H,3-8,14H2,1-2H3. The molecule has 0 rings (SSSR count). The lowest BCUT2D eigenvalue weighted by molar-refractivity contribution is -0.115. The summed E-state index contributed by atoms with van der Waals surface area (Å²) in [5, 5.41) is -0.162. The van der Waals surface area contributed by atoms with Crippen molar-refractivity contribution < 1.29 is 4.79 Å². The molecular weight excluding hydrogens is 215 g/mol. The number of halogens is 1. The summed E-state index contributed by atoms with van der Waals surface area (Å²) in [4.78, 5) is 10.9. The normalized spacial score (nSPS) is 15.1. The van der Waals surface area contributed by atoms with Gasteiger partial charge in [-0.3, -0.25) is 4.79 Å². The highest BCUT2D eigenvalue weighted by Crippen LogP contribution is 2.19. The lowest BCUT2D eigenvalue weighted by Crippen LogP contribution is -2.07. The number of rotatable bonds is 8. The number of hydrogen-bond donors (Lipinski definition) is 0. The average molecular weight is 237 g/mol. The van der Waals surface area contributed by atoms with E-state index in [4.69, 9.17) is 11.6 Å². The zero-order valence-electron chi connectivity index (χ0n) is 9.26. The van der Waals surface area contributed by atoms with Crippen LogP contribution in [-0.4, -0.2) is 10.9 Å². The average Bonchev–Trinajstić information content (AvgIpc) is 2.16. The molecule has 0 saturated heterocycles. The van der Waals surface area contributed by atoms with Gasteiger partial charge in [-0.15, -0.1) is 9.24 Å². The number of hydrogen-bond acceptors (Lipinski definition) is 1. The highest BCUT2D eigenvalue weighted by atomic mass is 35.5. The lowest BCUT2D eigenvalue weighted by atomic mass is 9.99. The van der Waals surface area contributed by atoms with Crippen molar-refractivity contribution in [2.45, 2.75) is 58.0 Å². The maximum absolute atomic E-state index is 10.9. The highest BCUT2D eigenvalue weighted by Gasteiger charge is 2.12. The Kier molecular flexibility index (Phi) is 8.92. The summed E-state index contributed by atoms with van der Waals surface area (Å²) in [6.45, 7) is 4.23. The maximum atomic E-state index is 10.9. The molecular formula is C11H22ClOP. The van der Waals surface area contributed by atoms with Crippen molar-refractivity contribution in [3.05, 3.63) is 0 Å². The molecule has 0 N–H and O–H groups in total. The van der Waals surface area contributed by atoms with Crippen LogP contribution in [0.3, 0.4) is 0 Å². The zero-order valence-corrected chi connectivity index (χ0v) is 11.2. The Hall–Kier alpha value is 0.390. The van der Waals surface area contributed by atoms with Gasteiger partial charge in [0.2, 0.25) is 5.24 Å². The second-order valence-electron chi connectivity index (χ2n) is 3.86. The van der Waals surface area contributed by atoms with E-state index in [1.54, 1.807) is 0 Å². The van der Waals surface area contributed by atoms with Crippen LogP contribution < -0.4 is 0 Å². The minimum atomic E-state index is -0.162. The number of carbonyl (C=O) groups excluding carboxylic acids is 1. The van der Waals surface area contributed by atoms with Crippen molar-refractivity contribution in [2.75, 3.05) is 0 Å². The van der Waals surface area contributed by atoms with Crippen LogP contribution in [0.2, 0.25) is 0 Å². The van der Waals surface area contributed by atoms with Crippen LogP contribution in [0.4, 0.5) is 0 Å². The predicted octanol–water partition coefficient (Wildman–Crippen LogP) is 3.99. The summed E-state index contributed by atoms with van der Waals surface area (Å²) in [5.41, 5.74) is 0.738. The molecule has 0 spiro atoms. The van der Waals surface area contributed by atoms with E-state index in [0.29, 0.717) is 0 Å². The van der Waals surface area contributed by atoms with E-state index in [2.05, 4.69) is 16.2 Å². The second-order valence-corrected chi connectivity index (χ2v) is 5.18. The Morgan fingerprint density at radius 1 is 1.21 bits per heavy atom. The van der Waals surface area contributed by atoms with Gasteiger partial charge in [0.1, 0.15) is 0 Å². The smallest absolute Gasteiger partial charge is 0.224 e. The Labute approximate surface area is 95.2 Å². The fraction of sp³-hybridized carbons (Fsp3) is 0.909. The van der Waals surface area contributed by atoms with Gasteiger partial charge < -0.3 is 0 Å². The Balaban J connectivity index is 3.47. The maximum Gasteiger partial charge on any atom is 0.224 e. The van der Waals surface area contributed by atoms with E-state index in [9.17, 15) is 4.79 Å². The van der Waals surface area contributed by atoms with Gasteiger partial charge in [0.15, 0.2) is 0 Å². The molecule has 0 aliphatic rings. The van der Waals surface area contributed by atoms with E-state index < -0.39 is 0 Å². The molecule has 0 aliphatic carbocycles. The van der Waals surface area contributed by atoms with Crippen molar-refractivity contribution in [1.29, 1.82) is 0 Å². The van der Waals surface area contributed by atoms with Gasteiger partial charge in [0.05, 0.1) is 0 Å². The first kappa shape index (κ1) is 14.4. The summed E-state index contributed by atoms with van der Waals surface area (Å²) >= 11 is 5.47. The van der Waals surface area contributed by atoms with Crippen LogP contribution in [0, 0.1) is 5.92 Å². The molecule has 3 unspecified atom stereocenters. The molecule has 0 saturated carbocycles. The van der Waals surface area contributed by atoms with Gasteiger partial charge in [0.25, 0.3) is 0 Å². The Bertz CT molecular complexity index is 161. The quantitative estimate of drug-likeness (QED) is 0.354. The van der Waals surface area contributed by atoms with Crippen LogP contribution in [0.15, 0.2) is 0 Å². The van der Waals surface area contributed by atoms with Gasteiger partial charge in [-0.1, -0.05) is 26.7 Å². The number of unbranched alkanes of at least 4 members (excludes halogenated alkanes) is 1.